The number of hydrogen-bond donors (Lipinski definition) is 1. The number of ketones is 1. The zero-order valence-corrected chi connectivity index (χ0v) is 16.1. The molecule has 0 fully saturated rings. The molecule has 1 N–H and O–H groups in total. The van der Waals surface area contributed by atoms with Gasteiger partial charge < -0.3 is 10.0 Å². The summed E-state index contributed by atoms with van der Waals surface area (Å²) in [7, 11) is 0. The largest absolute Gasteiger partial charge is 0.375 e. The third-order valence-electron chi connectivity index (χ3n) is 5.06. The topological polar surface area (TPSA) is 57.6 Å². The molecule has 0 radical (unpaired) electrons. The Balaban J connectivity index is 1.71. The predicted molar refractivity (Wildman–Crippen MR) is 108 cm³/mol. The van der Waals surface area contributed by atoms with Crippen LogP contribution in [0.3, 0.4) is 0 Å². The van der Waals surface area contributed by atoms with E-state index in [0.29, 0.717) is 16.3 Å². The number of aliphatic hydroxyl groups is 1. The van der Waals surface area contributed by atoms with Crippen molar-refractivity contribution >= 4 is 29.0 Å². The Kier molecular flexibility index (Phi) is 4.94. The normalized spacial score (nSPS) is 18.0. The van der Waals surface area contributed by atoms with Crippen molar-refractivity contribution in [3.05, 3.63) is 100 Å². The molecule has 1 heterocycles. The van der Waals surface area contributed by atoms with Crippen LogP contribution in [0.5, 0.6) is 0 Å². The minimum atomic E-state index is -2.04. The molecule has 4 rings (SSSR count). The van der Waals surface area contributed by atoms with Gasteiger partial charge in [-0.1, -0.05) is 41.9 Å². The van der Waals surface area contributed by atoms with E-state index in [9.17, 15) is 19.1 Å². The number of carbonyl (C=O) groups is 2. The van der Waals surface area contributed by atoms with Gasteiger partial charge in [0.25, 0.3) is 5.91 Å². The average Bonchev–Trinajstić information content (AvgIpc) is 2.91. The van der Waals surface area contributed by atoms with Crippen molar-refractivity contribution in [3.63, 3.8) is 0 Å². The number of halogens is 2. The van der Waals surface area contributed by atoms with Gasteiger partial charge in [0, 0.05) is 16.1 Å². The molecule has 146 valence electrons. The zero-order chi connectivity index (χ0) is 20.6. The maximum absolute atomic E-state index is 13.2. The Hall–Kier alpha value is -3.02. The fraction of sp³-hybridized carbons (Fsp3) is 0.130. The molecule has 29 heavy (non-hydrogen) atoms. The van der Waals surface area contributed by atoms with E-state index < -0.39 is 29.5 Å². The summed E-state index contributed by atoms with van der Waals surface area (Å²) in [6, 6.07) is 19.2. The Morgan fingerprint density at radius 3 is 2.41 bits per heavy atom. The number of fused-ring (bicyclic) bond motifs is 1. The third-order valence-corrected chi connectivity index (χ3v) is 5.30. The number of Topliss-reactive ketones (excluding diaryl/α,β-unsaturated/α-hetero) is 1. The summed E-state index contributed by atoms with van der Waals surface area (Å²) in [5.74, 6) is -1.52. The summed E-state index contributed by atoms with van der Waals surface area (Å²) in [5, 5.41) is 11.7. The van der Waals surface area contributed by atoms with Gasteiger partial charge in [-0.05, 0) is 48.0 Å². The molecule has 0 saturated heterocycles. The fourth-order valence-electron chi connectivity index (χ4n) is 3.59. The molecule has 3 aromatic carbocycles. The first-order chi connectivity index (χ1) is 13.9. The van der Waals surface area contributed by atoms with Crippen molar-refractivity contribution in [2.75, 3.05) is 4.90 Å². The van der Waals surface area contributed by atoms with Crippen molar-refractivity contribution in [1.82, 2.24) is 0 Å². The first-order valence-corrected chi connectivity index (χ1v) is 9.43. The van der Waals surface area contributed by atoms with Gasteiger partial charge in [-0.15, -0.1) is 0 Å². The Morgan fingerprint density at radius 1 is 1.03 bits per heavy atom. The van der Waals surface area contributed by atoms with Crippen LogP contribution in [0, 0.1) is 5.82 Å². The maximum Gasteiger partial charge on any atom is 0.264 e. The smallest absolute Gasteiger partial charge is 0.264 e. The minimum Gasteiger partial charge on any atom is -0.375 e. The number of nitrogens with zero attached hydrogens (tertiary/aromatic N) is 1. The van der Waals surface area contributed by atoms with E-state index in [1.807, 2.05) is 30.3 Å². The van der Waals surface area contributed by atoms with Crippen molar-refractivity contribution < 1.29 is 19.1 Å². The van der Waals surface area contributed by atoms with Crippen LogP contribution >= 0.6 is 11.6 Å². The molecule has 0 aliphatic carbocycles. The molecule has 6 heteroatoms. The number of benzene rings is 3. The Bertz CT molecular complexity index is 1090. The summed E-state index contributed by atoms with van der Waals surface area (Å²) in [5.41, 5.74) is -0.131. The van der Waals surface area contributed by atoms with Gasteiger partial charge in [-0.25, -0.2) is 4.39 Å². The van der Waals surface area contributed by atoms with Gasteiger partial charge in [0.1, 0.15) is 5.82 Å². The molecule has 4 nitrogen and oxygen atoms in total. The molecular formula is C23H17ClFNO3. The zero-order valence-electron chi connectivity index (χ0n) is 15.3. The molecule has 1 aliphatic heterocycles. The lowest BCUT2D eigenvalue weighted by Crippen LogP contribution is -2.41. The number of amides is 1. The Morgan fingerprint density at radius 2 is 1.72 bits per heavy atom. The second-order valence-electron chi connectivity index (χ2n) is 7.01. The first-order valence-electron chi connectivity index (χ1n) is 9.05. The van der Waals surface area contributed by atoms with Crippen LogP contribution in [0.25, 0.3) is 0 Å². The molecule has 0 saturated carbocycles. The number of rotatable bonds is 5. The molecular weight excluding hydrogens is 393 g/mol. The molecule has 1 amide bonds. The van der Waals surface area contributed by atoms with Crippen molar-refractivity contribution in [3.8, 4) is 0 Å². The third kappa shape index (κ3) is 3.55. The van der Waals surface area contributed by atoms with E-state index in [4.69, 9.17) is 11.6 Å². The van der Waals surface area contributed by atoms with E-state index in [1.165, 1.54) is 35.2 Å². The van der Waals surface area contributed by atoms with E-state index in [-0.39, 0.29) is 12.1 Å². The molecule has 3 aromatic rings. The van der Waals surface area contributed by atoms with Crippen molar-refractivity contribution in [2.45, 2.75) is 18.6 Å². The summed E-state index contributed by atoms with van der Waals surface area (Å²) in [6.07, 6.45) is -0.462. The predicted octanol–water partition coefficient (Wildman–Crippen LogP) is 4.49. The van der Waals surface area contributed by atoms with Crippen molar-refractivity contribution in [1.29, 1.82) is 0 Å². The van der Waals surface area contributed by atoms with Crippen LogP contribution in [-0.2, 0) is 16.9 Å². The minimum absolute atomic E-state index is 0.220. The monoisotopic (exact) mass is 409 g/mol. The fourth-order valence-corrected chi connectivity index (χ4v) is 3.76. The Labute approximate surface area is 172 Å². The summed E-state index contributed by atoms with van der Waals surface area (Å²) < 4.78 is 13.2. The lowest BCUT2D eigenvalue weighted by molar-refractivity contribution is -0.136. The van der Waals surface area contributed by atoms with Gasteiger partial charge in [0.15, 0.2) is 11.4 Å². The van der Waals surface area contributed by atoms with Crippen LogP contribution in [-0.4, -0.2) is 16.8 Å². The standard InChI is InChI=1S/C23H17ClFNO3/c24-17-8-11-20-19(12-17)23(29,13-21(27)16-6-9-18(25)10-7-16)22(28)26(20)14-15-4-2-1-3-5-15/h1-12,29H,13-14H2/t23-/m1/s1. The highest BCUT2D eigenvalue weighted by molar-refractivity contribution is 6.31. The van der Waals surface area contributed by atoms with Gasteiger partial charge in [0.2, 0.25) is 0 Å². The number of hydrogen-bond acceptors (Lipinski definition) is 3. The average molecular weight is 410 g/mol. The molecule has 1 aliphatic rings. The second-order valence-corrected chi connectivity index (χ2v) is 7.44. The van der Waals surface area contributed by atoms with E-state index in [2.05, 4.69) is 0 Å². The van der Waals surface area contributed by atoms with Crippen LogP contribution in [0.1, 0.15) is 27.9 Å². The summed E-state index contributed by atoms with van der Waals surface area (Å²) >= 11 is 6.11. The van der Waals surface area contributed by atoms with E-state index >= 15 is 0 Å². The number of anilines is 1. The quantitative estimate of drug-likeness (QED) is 0.632. The summed E-state index contributed by atoms with van der Waals surface area (Å²) in [4.78, 5) is 27.4. The van der Waals surface area contributed by atoms with Crippen LogP contribution in [0.2, 0.25) is 5.02 Å². The van der Waals surface area contributed by atoms with Crippen LogP contribution in [0.15, 0.2) is 72.8 Å². The number of carbonyl (C=O) groups excluding carboxylic acids is 2. The van der Waals surface area contributed by atoms with Crippen molar-refractivity contribution in [2.24, 2.45) is 0 Å². The first kappa shape index (κ1) is 19.3. The van der Waals surface area contributed by atoms with Gasteiger partial charge in [-0.3, -0.25) is 9.59 Å². The van der Waals surface area contributed by atoms with E-state index in [1.54, 1.807) is 12.1 Å². The lowest BCUT2D eigenvalue weighted by atomic mass is 9.88. The lowest BCUT2D eigenvalue weighted by Gasteiger charge is -2.23. The van der Waals surface area contributed by atoms with Crippen LogP contribution in [0.4, 0.5) is 10.1 Å². The second kappa shape index (κ2) is 7.43. The molecule has 0 unspecified atom stereocenters. The van der Waals surface area contributed by atoms with Crippen LogP contribution < -0.4 is 4.90 Å². The molecule has 0 bridgehead atoms. The van der Waals surface area contributed by atoms with E-state index in [0.717, 1.165) is 5.56 Å². The van der Waals surface area contributed by atoms with Gasteiger partial charge in [0.05, 0.1) is 18.7 Å². The molecule has 0 spiro atoms. The van der Waals surface area contributed by atoms with Gasteiger partial charge in [-0.2, -0.15) is 0 Å². The molecule has 1 atom stereocenters. The molecule has 0 aromatic heterocycles. The highest BCUT2D eigenvalue weighted by Crippen LogP contribution is 2.44. The SMILES string of the molecule is O=C(C[C@]1(O)C(=O)N(Cc2ccccc2)c2ccc(Cl)cc21)c1ccc(F)cc1. The highest BCUT2D eigenvalue weighted by Gasteiger charge is 2.51. The highest BCUT2D eigenvalue weighted by atomic mass is 35.5. The summed E-state index contributed by atoms with van der Waals surface area (Å²) in [6.45, 7) is 0.251. The van der Waals surface area contributed by atoms with Gasteiger partial charge >= 0.3 is 0 Å². The maximum atomic E-state index is 13.2.